The summed E-state index contributed by atoms with van der Waals surface area (Å²) < 4.78 is 16.8. The molecule has 0 aromatic heterocycles. The van der Waals surface area contributed by atoms with E-state index in [9.17, 15) is 9.59 Å². The van der Waals surface area contributed by atoms with E-state index in [0.29, 0.717) is 35.2 Å². The van der Waals surface area contributed by atoms with Crippen molar-refractivity contribution in [3.05, 3.63) is 40.9 Å². The molecule has 0 fully saturated rings. The summed E-state index contributed by atoms with van der Waals surface area (Å²) in [6.45, 7) is 3.31. The average molecular weight is 433 g/mol. The Kier molecular flexibility index (Phi) is 6.72. The Morgan fingerprint density at radius 3 is 2.67 bits per heavy atom. The van der Waals surface area contributed by atoms with E-state index < -0.39 is 6.04 Å². The lowest BCUT2D eigenvalue weighted by Crippen LogP contribution is -2.46. The number of fused-ring (bicyclic) bond motifs is 1. The van der Waals surface area contributed by atoms with Gasteiger partial charge in [-0.25, -0.2) is 0 Å². The summed E-state index contributed by atoms with van der Waals surface area (Å²) in [5.41, 5.74) is 2.71. The molecule has 1 heterocycles. The summed E-state index contributed by atoms with van der Waals surface area (Å²) in [4.78, 5) is 23.2. The molecule has 2 aromatic rings. The number of carbonyl (C=O) groups excluding carboxylic acids is 2. The molecule has 2 atom stereocenters. The first kappa shape index (κ1) is 21.8. The van der Waals surface area contributed by atoms with Crippen LogP contribution in [0.1, 0.15) is 19.4 Å². The lowest BCUT2D eigenvalue weighted by Gasteiger charge is -2.16. The minimum absolute atomic E-state index is 0.242. The Morgan fingerprint density at radius 1 is 1.23 bits per heavy atom. The molecule has 7 nitrogen and oxygen atoms in total. The summed E-state index contributed by atoms with van der Waals surface area (Å²) in [5, 5.41) is 5.85. The first-order valence-corrected chi connectivity index (χ1v) is 9.96. The quantitative estimate of drug-likeness (QED) is 0.702. The molecule has 3 rings (SSSR count). The molecule has 1 aliphatic rings. The molecule has 0 saturated carbocycles. The highest BCUT2D eigenvalue weighted by atomic mass is 35.5. The fourth-order valence-electron chi connectivity index (χ4n) is 3.43. The Morgan fingerprint density at radius 2 is 2.00 bits per heavy atom. The van der Waals surface area contributed by atoms with E-state index in [1.165, 1.54) is 6.92 Å². The third-order valence-electron chi connectivity index (χ3n) is 4.89. The van der Waals surface area contributed by atoms with Crippen LogP contribution >= 0.6 is 11.6 Å². The normalized spacial score (nSPS) is 15.6. The Labute approximate surface area is 180 Å². The molecule has 0 saturated heterocycles. The molecule has 1 aliphatic heterocycles. The van der Waals surface area contributed by atoms with Crippen molar-refractivity contribution in [2.45, 2.75) is 32.4 Å². The van der Waals surface area contributed by atoms with Gasteiger partial charge in [0.15, 0.2) is 0 Å². The molecule has 0 spiro atoms. The third kappa shape index (κ3) is 4.79. The molecule has 0 radical (unpaired) electrons. The molecule has 2 aromatic carbocycles. The molecular weight excluding hydrogens is 408 g/mol. The van der Waals surface area contributed by atoms with Crippen LogP contribution in [0.15, 0.2) is 30.3 Å². The van der Waals surface area contributed by atoms with Crippen molar-refractivity contribution in [1.82, 2.24) is 10.6 Å². The second-order valence-corrected chi connectivity index (χ2v) is 7.53. The standard InChI is InChI=1S/C22H25ClN2O5/c1-12(25-13(2)26)22(27)24-11-17-8-15-7-14(9-19(23)21(15)30-17)18-10-16(28-3)5-6-20(18)29-4/h5-7,9-10,12,17H,8,11H2,1-4H3,(H,24,27)(H,25,26)/t12-,17-/m0/s1. The Bertz CT molecular complexity index is 963. The van der Waals surface area contributed by atoms with E-state index in [1.807, 2.05) is 30.3 Å². The molecule has 0 bridgehead atoms. The van der Waals surface area contributed by atoms with Crippen molar-refractivity contribution in [3.8, 4) is 28.4 Å². The highest BCUT2D eigenvalue weighted by Gasteiger charge is 2.27. The summed E-state index contributed by atoms with van der Waals surface area (Å²) in [6, 6.07) is 8.81. The van der Waals surface area contributed by atoms with Gasteiger partial charge in [-0.15, -0.1) is 0 Å². The van der Waals surface area contributed by atoms with Crippen LogP contribution in [0.5, 0.6) is 17.2 Å². The van der Waals surface area contributed by atoms with Gasteiger partial charge in [0, 0.05) is 24.5 Å². The molecule has 0 aliphatic carbocycles. The zero-order chi connectivity index (χ0) is 21.8. The van der Waals surface area contributed by atoms with Gasteiger partial charge in [0.2, 0.25) is 11.8 Å². The minimum Gasteiger partial charge on any atom is -0.497 e. The van der Waals surface area contributed by atoms with Gasteiger partial charge in [0.1, 0.15) is 29.4 Å². The van der Waals surface area contributed by atoms with Crippen LogP contribution in [0.3, 0.4) is 0 Å². The van der Waals surface area contributed by atoms with E-state index in [4.69, 9.17) is 25.8 Å². The smallest absolute Gasteiger partial charge is 0.242 e. The van der Waals surface area contributed by atoms with E-state index in [2.05, 4.69) is 10.6 Å². The maximum atomic E-state index is 12.1. The minimum atomic E-state index is -0.609. The second kappa shape index (κ2) is 9.26. The molecular formula is C22H25ClN2O5. The maximum Gasteiger partial charge on any atom is 0.242 e. The number of hydrogen-bond donors (Lipinski definition) is 2. The summed E-state index contributed by atoms with van der Waals surface area (Å²) in [7, 11) is 3.23. The maximum absolute atomic E-state index is 12.1. The lowest BCUT2D eigenvalue weighted by atomic mass is 9.99. The molecule has 2 amide bonds. The van der Waals surface area contributed by atoms with Crippen molar-refractivity contribution >= 4 is 23.4 Å². The van der Waals surface area contributed by atoms with Gasteiger partial charge in [-0.05, 0) is 42.8 Å². The van der Waals surface area contributed by atoms with Crippen molar-refractivity contribution in [2.24, 2.45) is 0 Å². The predicted molar refractivity (Wildman–Crippen MR) is 114 cm³/mol. The molecule has 2 N–H and O–H groups in total. The van der Waals surface area contributed by atoms with Crippen molar-refractivity contribution in [1.29, 1.82) is 0 Å². The third-order valence-corrected chi connectivity index (χ3v) is 5.17. The number of rotatable bonds is 7. The number of hydrogen-bond acceptors (Lipinski definition) is 5. The largest absolute Gasteiger partial charge is 0.497 e. The van der Waals surface area contributed by atoms with Crippen LogP contribution in [0.4, 0.5) is 0 Å². The van der Waals surface area contributed by atoms with Crippen molar-refractivity contribution in [3.63, 3.8) is 0 Å². The monoisotopic (exact) mass is 432 g/mol. The number of amides is 2. The van der Waals surface area contributed by atoms with Crippen molar-refractivity contribution < 1.29 is 23.8 Å². The fraction of sp³-hybridized carbons (Fsp3) is 0.364. The Hall–Kier alpha value is -2.93. The molecule has 0 unspecified atom stereocenters. The van der Waals surface area contributed by atoms with Gasteiger partial charge in [-0.1, -0.05) is 11.6 Å². The van der Waals surface area contributed by atoms with Crippen LogP contribution < -0.4 is 24.8 Å². The van der Waals surface area contributed by atoms with Gasteiger partial charge in [0.05, 0.1) is 25.8 Å². The summed E-state index contributed by atoms with van der Waals surface area (Å²) in [6.07, 6.45) is 0.359. The number of halogens is 1. The van der Waals surface area contributed by atoms with Gasteiger partial charge in [0.25, 0.3) is 0 Å². The Balaban J connectivity index is 1.75. The SMILES string of the molecule is COc1ccc(OC)c(-c2cc(Cl)c3c(c2)C[C@@H](CNC(=O)[C@H](C)NC(C)=O)O3)c1. The fourth-order valence-corrected chi connectivity index (χ4v) is 3.72. The van der Waals surface area contributed by atoms with Gasteiger partial charge < -0.3 is 24.8 Å². The number of carbonyl (C=O) groups is 2. The predicted octanol–water partition coefficient (Wildman–Crippen LogP) is 2.97. The highest BCUT2D eigenvalue weighted by Crippen LogP contribution is 2.42. The van der Waals surface area contributed by atoms with Crippen LogP contribution in [0.2, 0.25) is 5.02 Å². The number of nitrogens with one attached hydrogen (secondary N) is 2. The lowest BCUT2D eigenvalue weighted by molar-refractivity contribution is -0.127. The van der Waals surface area contributed by atoms with E-state index in [0.717, 1.165) is 16.7 Å². The molecule has 8 heteroatoms. The zero-order valence-electron chi connectivity index (χ0n) is 17.4. The first-order valence-electron chi connectivity index (χ1n) is 9.58. The molecule has 160 valence electrons. The molecule has 30 heavy (non-hydrogen) atoms. The topological polar surface area (TPSA) is 85.9 Å². The van der Waals surface area contributed by atoms with E-state index in [-0.39, 0.29) is 17.9 Å². The number of ether oxygens (including phenoxy) is 3. The van der Waals surface area contributed by atoms with Crippen molar-refractivity contribution in [2.75, 3.05) is 20.8 Å². The summed E-state index contributed by atoms with van der Waals surface area (Å²) in [5.74, 6) is 1.53. The van der Waals surface area contributed by atoms with E-state index in [1.54, 1.807) is 21.1 Å². The van der Waals surface area contributed by atoms with E-state index >= 15 is 0 Å². The van der Waals surface area contributed by atoms with Gasteiger partial charge in [-0.2, -0.15) is 0 Å². The highest BCUT2D eigenvalue weighted by molar-refractivity contribution is 6.32. The number of methoxy groups -OCH3 is 2. The van der Waals surface area contributed by atoms with Crippen LogP contribution in [0, 0.1) is 0 Å². The number of benzene rings is 2. The van der Waals surface area contributed by atoms with Gasteiger partial charge in [-0.3, -0.25) is 9.59 Å². The zero-order valence-corrected chi connectivity index (χ0v) is 18.1. The van der Waals surface area contributed by atoms with Gasteiger partial charge >= 0.3 is 0 Å². The summed E-state index contributed by atoms with van der Waals surface area (Å²) >= 11 is 6.50. The van der Waals surface area contributed by atoms with Crippen LogP contribution in [-0.2, 0) is 16.0 Å². The van der Waals surface area contributed by atoms with Crippen LogP contribution in [-0.4, -0.2) is 44.7 Å². The first-order chi connectivity index (χ1) is 14.3. The second-order valence-electron chi connectivity index (χ2n) is 7.12. The van der Waals surface area contributed by atoms with Crippen LogP contribution in [0.25, 0.3) is 11.1 Å². The average Bonchev–Trinajstić information content (AvgIpc) is 3.14.